The fourth-order valence-electron chi connectivity index (χ4n) is 2.71. The second-order valence-electron chi connectivity index (χ2n) is 4.97. The Morgan fingerprint density at radius 3 is 2.94 bits per heavy atom. The highest BCUT2D eigenvalue weighted by Gasteiger charge is 2.41. The molecule has 2 saturated heterocycles. The quantitative estimate of drug-likeness (QED) is 0.745. The molecule has 0 N–H and O–H groups in total. The smallest absolute Gasteiger partial charge is 0.248 e. The van der Waals surface area contributed by atoms with Gasteiger partial charge in [0.2, 0.25) is 5.91 Å². The molecule has 1 aromatic heterocycles. The molecule has 2 atom stereocenters. The first-order chi connectivity index (χ1) is 8.74. The zero-order valence-corrected chi connectivity index (χ0v) is 10.5. The van der Waals surface area contributed by atoms with Gasteiger partial charge in [0, 0.05) is 39.1 Å². The molecule has 1 aromatic rings. The van der Waals surface area contributed by atoms with Gasteiger partial charge >= 0.3 is 0 Å². The van der Waals surface area contributed by atoms with Crippen molar-refractivity contribution in [2.24, 2.45) is 0 Å². The maximum atomic E-state index is 11.6. The number of hydrogen-bond acceptors (Lipinski definition) is 4. The van der Waals surface area contributed by atoms with Crippen LogP contribution in [0.5, 0.6) is 0 Å². The Labute approximate surface area is 106 Å². The number of ether oxygens (including phenoxy) is 1. The summed E-state index contributed by atoms with van der Waals surface area (Å²) in [7, 11) is 1.87. The monoisotopic (exact) mass is 247 g/mol. The van der Waals surface area contributed by atoms with Crippen LogP contribution in [0.25, 0.3) is 0 Å². The van der Waals surface area contributed by atoms with Crippen molar-refractivity contribution in [1.82, 2.24) is 14.8 Å². The zero-order valence-electron chi connectivity index (χ0n) is 10.5. The van der Waals surface area contributed by atoms with Crippen LogP contribution < -0.4 is 0 Å². The third-order valence-electron chi connectivity index (χ3n) is 3.78. The van der Waals surface area contributed by atoms with Gasteiger partial charge in [-0.25, -0.2) is 0 Å². The molecular formula is C13H17N3O2. The molecule has 2 aliphatic heterocycles. The molecule has 2 fully saturated rings. The second kappa shape index (κ2) is 4.66. The van der Waals surface area contributed by atoms with Gasteiger partial charge in [0.1, 0.15) is 6.61 Å². The molecule has 0 radical (unpaired) electrons. The van der Waals surface area contributed by atoms with E-state index in [1.165, 1.54) is 5.56 Å². The van der Waals surface area contributed by atoms with E-state index >= 15 is 0 Å². The van der Waals surface area contributed by atoms with Crippen LogP contribution in [-0.2, 0) is 16.1 Å². The number of likely N-dealkylation sites (tertiary alicyclic amines) is 1. The summed E-state index contributed by atoms with van der Waals surface area (Å²) in [5.41, 5.74) is 1.25. The summed E-state index contributed by atoms with van der Waals surface area (Å²) < 4.78 is 5.61. The lowest BCUT2D eigenvalue weighted by Gasteiger charge is -2.33. The van der Waals surface area contributed by atoms with Gasteiger partial charge < -0.3 is 9.64 Å². The highest BCUT2D eigenvalue weighted by atomic mass is 16.5. The molecule has 1 amide bonds. The summed E-state index contributed by atoms with van der Waals surface area (Å²) in [6.07, 6.45) is 3.78. The van der Waals surface area contributed by atoms with Crippen molar-refractivity contribution in [3.05, 3.63) is 30.1 Å². The van der Waals surface area contributed by atoms with E-state index in [9.17, 15) is 4.79 Å². The van der Waals surface area contributed by atoms with Crippen LogP contribution >= 0.6 is 0 Å². The topological polar surface area (TPSA) is 45.7 Å². The van der Waals surface area contributed by atoms with Crippen molar-refractivity contribution < 1.29 is 9.53 Å². The van der Waals surface area contributed by atoms with Gasteiger partial charge in [-0.1, -0.05) is 0 Å². The van der Waals surface area contributed by atoms with E-state index in [0.29, 0.717) is 0 Å². The lowest BCUT2D eigenvalue weighted by molar-refractivity contribution is -0.150. The van der Waals surface area contributed by atoms with Crippen LogP contribution in [0.15, 0.2) is 24.5 Å². The molecule has 0 aromatic carbocycles. The van der Waals surface area contributed by atoms with Gasteiger partial charge in [0.15, 0.2) is 0 Å². The fraction of sp³-hybridized carbons (Fsp3) is 0.538. The Hall–Kier alpha value is -1.46. The summed E-state index contributed by atoms with van der Waals surface area (Å²) in [5.74, 6) is 0.0852. The van der Waals surface area contributed by atoms with Gasteiger partial charge in [0.05, 0.1) is 12.1 Å². The number of aromatic nitrogens is 1. The predicted octanol–water partition coefficient (Wildman–Crippen LogP) is 0.123. The summed E-state index contributed by atoms with van der Waals surface area (Å²) in [5, 5.41) is 0. The van der Waals surface area contributed by atoms with Crippen molar-refractivity contribution in [3.8, 4) is 0 Å². The summed E-state index contributed by atoms with van der Waals surface area (Å²) >= 11 is 0. The molecule has 2 aliphatic rings. The number of carbonyl (C=O) groups is 1. The van der Waals surface area contributed by atoms with Crippen LogP contribution in [0.3, 0.4) is 0 Å². The molecule has 3 rings (SSSR count). The Morgan fingerprint density at radius 1 is 1.39 bits per heavy atom. The third-order valence-corrected chi connectivity index (χ3v) is 3.78. The van der Waals surface area contributed by atoms with Gasteiger partial charge in [-0.05, 0) is 17.7 Å². The summed E-state index contributed by atoms with van der Waals surface area (Å²) in [6, 6.07) is 4.25. The summed E-state index contributed by atoms with van der Waals surface area (Å²) in [4.78, 5) is 19.8. The highest BCUT2D eigenvalue weighted by molar-refractivity contribution is 5.78. The number of fused-ring (bicyclic) bond motifs is 1. The standard InChI is InChI=1S/C13H17N3O2/c1-15-11-7-16(6-10-2-4-14-5-3-10)8-12(11)18-9-13(15)17/h2-5,11-12H,6-9H2,1H3. The zero-order chi connectivity index (χ0) is 12.5. The number of morpholine rings is 1. The first-order valence-corrected chi connectivity index (χ1v) is 6.22. The largest absolute Gasteiger partial charge is 0.365 e. The van der Waals surface area contributed by atoms with Crippen LogP contribution in [0.1, 0.15) is 5.56 Å². The maximum absolute atomic E-state index is 11.6. The molecule has 2 unspecified atom stereocenters. The van der Waals surface area contributed by atoms with Gasteiger partial charge in [-0.15, -0.1) is 0 Å². The van der Waals surface area contributed by atoms with Gasteiger partial charge in [0.25, 0.3) is 0 Å². The average Bonchev–Trinajstić information content (AvgIpc) is 2.79. The molecule has 3 heterocycles. The molecule has 96 valence electrons. The minimum atomic E-state index is 0.0852. The minimum absolute atomic E-state index is 0.0852. The maximum Gasteiger partial charge on any atom is 0.248 e. The van der Waals surface area contributed by atoms with E-state index in [1.54, 1.807) is 0 Å². The summed E-state index contributed by atoms with van der Waals surface area (Å²) in [6.45, 7) is 2.89. The number of rotatable bonds is 2. The minimum Gasteiger partial charge on any atom is -0.365 e. The van der Waals surface area contributed by atoms with E-state index in [4.69, 9.17) is 4.74 Å². The number of hydrogen-bond donors (Lipinski definition) is 0. The van der Waals surface area contributed by atoms with Gasteiger partial charge in [-0.3, -0.25) is 14.7 Å². The number of carbonyl (C=O) groups excluding carboxylic acids is 1. The van der Waals surface area contributed by atoms with Crippen LogP contribution in [0, 0.1) is 0 Å². The van der Waals surface area contributed by atoms with E-state index < -0.39 is 0 Å². The van der Waals surface area contributed by atoms with Crippen LogP contribution in [0.2, 0.25) is 0 Å². The molecule has 0 aliphatic carbocycles. The van der Waals surface area contributed by atoms with E-state index in [-0.39, 0.29) is 24.7 Å². The molecule has 0 bridgehead atoms. The lowest BCUT2D eigenvalue weighted by Crippen LogP contribution is -2.51. The van der Waals surface area contributed by atoms with Crippen LogP contribution in [-0.4, -0.2) is 59.6 Å². The predicted molar refractivity (Wildman–Crippen MR) is 65.8 cm³/mol. The molecule has 0 spiro atoms. The van der Waals surface area contributed by atoms with Crippen molar-refractivity contribution in [2.75, 3.05) is 26.7 Å². The van der Waals surface area contributed by atoms with E-state index in [0.717, 1.165) is 19.6 Å². The Bertz CT molecular complexity index is 437. The average molecular weight is 247 g/mol. The number of likely N-dealkylation sites (N-methyl/N-ethyl adjacent to an activating group) is 1. The first kappa shape index (κ1) is 11.6. The van der Waals surface area contributed by atoms with Crippen molar-refractivity contribution in [3.63, 3.8) is 0 Å². The normalized spacial score (nSPS) is 28.5. The van der Waals surface area contributed by atoms with Gasteiger partial charge in [-0.2, -0.15) is 0 Å². The van der Waals surface area contributed by atoms with Crippen LogP contribution in [0.4, 0.5) is 0 Å². The Kier molecular flexibility index (Phi) is 3.01. The molecule has 0 saturated carbocycles. The molecule has 5 nitrogen and oxygen atoms in total. The Balaban J connectivity index is 1.66. The van der Waals surface area contributed by atoms with Crippen molar-refractivity contribution in [1.29, 1.82) is 0 Å². The molecular weight excluding hydrogens is 230 g/mol. The highest BCUT2D eigenvalue weighted by Crippen LogP contribution is 2.23. The first-order valence-electron chi connectivity index (χ1n) is 6.22. The van der Waals surface area contributed by atoms with Crippen molar-refractivity contribution >= 4 is 5.91 Å². The third kappa shape index (κ3) is 2.11. The molecule has 5 heteroatoms. The van der Waals surface area contributed by atoms with E-state index in [2.05, 4.69) is 9.88 Å². The number of pyridine rings is 1. The lowest BCUT2D eigenvalue weighted by atomic mass is 10.1. The Morgan fingerprint density at radius 2 is 2.17 bits per heavy atom. The number of amides is 1. The van der Waals surface area contributed by atoms with Crippen molar-refractivity contribution in [2.45, 2.75) is 18.7 Å². The SMILES string of the molecule is CN1C(=O)COC2CN(Cc3ccncc3)CC21. The number of nitrogens with zero attached hydrogens (tertiary/aromatic N) is 3. The van der Waals surface area contributed by atoms with E-state index in [1.807, 2.05) is 36.5 Å². The fourth-order valence-corrected chi connectivity index (χ4v) is 2.71. The molecule has 18 heavy (non-hydrogen) atoms. The second-order valence-corrected chi connectivity index (χ2v) is 4.97.